The highest BCUT2D eigenvalue weighted by molar-refractivity contribution is 5.68. The van der Waals surface area contributed by atoms with Gasteiger partial charge in [0, 0.05) is 23.5 Å². The van der Waals surface area contributed by atoms with Crippen molar-refractivity contribution in [3.63, 3.8) is 0 Å². The highest BCUT2D eigenvalue weighted by Crippen LogP contribution is 2.31. The standard InChI is InChI=1S/C21H18N4/c1-15-7-6-8-16(2)19(15)25-20(17-9-4-3-5-10-17)23-24-21(25)18-11-13-22-14-12-18/h3-14H,1-2H3. The number of rotatable bonds is 3. The van der Waals surface area contributed by atoms with Crippen LogP contribution in [0.1, 0.15) is 11.1 Å². The lowest BCUT2D eigenvalue weighted by molar-refractivity contribution is 1.04. The van der Waals surface area contributed by atoms with Crippen molar-refractivity contribution in [3.05, 3.63) is 84.2 Å². The van der Waals surface area contributed by atoms with Crippen LogP contribution >= 0.6 is 0 Å². The molecule has 25 heavy (non-hydrogen) atoms. The second-order valence-corrected chi connectivity index (χ2v) is 6.02. The van der Waals surface area contributed by atoms with Crippen LogP contribution in [0.25, 0.3) is 28.5 Å². The predicted octanol–water partition coefficient (Wildman–Crippen LogP) is 4.61. The third-order valence-electron chi connectivity index (χ3n) is 4.30. The zero-order valence-electron chi connectivity index (χ0n) is 14.2. The highest BCUT2D eigenvalue weighted by atomic mass is 15.3. The number of nitrogens with zero attached hydrogens (tertiary/aromatic N) is 4. The van der Waals surface area contributed by atoms with Crippen LogP contribution in [-0.2, 0) is 0 Å². The van der Waals surface area contributed by atoms with Crippen molar-refractivity contribution in [3.8, 4) is 28.5 Å². The van der Waals surface area contributed by atoms with Gasteiger partial charge < -0.3 is 0 Å². The zero-order valence-corrected chi connectivity index (χ0v) is 14.2. The number of para-hydroxylation sites is 1. The minimum atomic E-state index is 0.818. The number of hydrogen-bond acceptors (Lipinski definition) is 3. The molecule has 0 aliphatic rings. The molecule has 0 fully saturated rings. The lowest BCUT2D eigenvalue weighted by atomic mass is 10.1. The van der Waals surface area contributed by atoms with E-state index in [1.807, 2.05) is 30.3 Å². The van der Waals surface area contributed by atoms with Crippen molar-refractivity contribution in [1.29, 1.82) is 0 Å². The van der Waals surface area contributed by atoms with Gasteiger partial charge in [-0.05, 0) is 37.1 Å². The van der Waals surface area contributed by atoms with Crippen LogP contribution in [0.2, 0.25) is 0 Å². The number of aryl methyl sites for hydroxylation is 2. The molecule has 0 saturated carbocycles. The third-order valence-corrected chi connectivity index (χ3v) is 4.30. The zero-order chi connectivity index (χ0) is 17.2. The van der Waals surface area contributed by atoms with Crippen LogP contribution in [-0.4, -0.2) is 19.7 Å². The molecule has 4 rings (SSSR count). The molecule has 0 aliphatic carbocycles. The second kappa shape index (κ2) is 6.32. The Balaban J connectivity index is 2.04. The Morgan fingerprint density at radius 1 is 0.640 bits per heavy atom. The fourth-order valence-electron chi connectivity index (χ4n) is 3.12. The first-order valence-corrected chi connectivity index (χ1v) is 8.23. The van der Waals surface area contributed by atoms with E-state index in [-0.39, 0.29) is 0 Å². The minimum Gasteiger partial charge on any atom is -0.274 e. The van der Waals surface area contributed by atoms with Crippen molar-refractivity contribution < 1.29 is 0 Å². The summed E-state index contributed by atoms with van der Waals surface area (Å²) in [5.41, 5.74) is 5.53. The molecule has 2 heterocycles. The van der Waals surface area contributed by atoms with Crippen LogP contribution in [0.3, 0.4) is 0 Å². The Bertz CT molecular complexity index is 928. The molecule has 4 heteroatoms. The Labute approximate surface area is 146 Å². The van der Waals surface area contributed by atoms with Gasteiger partial charge in [-0.3, -0.25) is 9.55 Å². The number of aromatic nitrogens is 4. The van der Waals surface area contributed by atoms with Gasteiger partial charge in [-0.2, -0.15) is 0 Å². The molecular formula is C21H18N4. The molecule has 2 aromatic heterocycles. The maximum absolute atomic E-state index is 4.51. The fraction of sp³-hybridized carbons (Fsp3) is 0.0952. The molecule has 0 unspecified atom stereocenters. The maximum atomic E-state index is 4.51. The average Bonchev–Trinajstić information content (AvgIpc) is 3.08. The Hall–Kier alpha value is -3.27. The molecule has 4 aromatic rings. The summed E-state index contributed by atoms with van der Waals surface area (Å²) in [6, 6.07) is 20.4. The first-order valence-electron chi connectivity index (χ1n) is 8.23. The Morgan fingerprint density at radius 3 is 1.80 bits per heavy atom. The van der Waals surface area contributed by atoms with E-state index in [0.29, 0.717) is 0 Å². The van der Waals surface area contributed by atoms with Crippen LogP contribution in [0.4, 0.5) is 0 Å². The van der Waals surface area contributed by atoms with Gasteiger partial charge in [-0.1, -0.05) is 48.5 Å². The lowest BCUT2D eigenvalue weighted by Crippen LogP contribution is -2.04. The summed E-state index contributed by atoms with van der Waals surface area (Å²) >= 11 is 0. The predicted molar refractivity (Wildman–Crippen MR) is 99.5 cm³/mol. The molecule has 4 nitrogen and oxygen atoms in total. The minimum absolute atomic E-state index is 0.818. The van der Waals surface area contributed by atoms with Gasteiger partial charge in [0.05, 0.1) is 5.69 Å². The van der Waals surface area contributed by atoms with Gasteiger partial charge >= 0.3 is 0 Å². The SMILES string of the molecule is Cc1cccc(C)c1-n1c(-c2ccccc2)nnc1-c1ccncc1. The van der Waals surface area contributed by atoms with Gasteiger partial charge in [-0.15, -0.1) is 10.2 Å². The van der Waals surface area contributed by atoms with E-state index in [1.54, 1.807) is 12.4 Å². The summed E-state index contributed by atoms with van der Waals surface area (Å²) in [5, 5.41) is 9.02. The Morgan fingerprint density at radius 2 is 1.20 bits per heavy atom. The largest absolute Gasteiger partial charge is 0.274 e. The molecule has 0 amide bonds. The third kappa shape index (κ3) is 2.72. The molecule has 0 radical (unpaired) electrons. The van der Waals surface area contributed by atoms with Gasteiger partial charge in [-0.25, -0.2) is 0 Å². The quantitative estimate of drug-likeness (QED) is 0.552. The maximum Gasteiger partial charge on any atom is 0.168 e. The highest BCUT2D eigenvalue weighted by Gasteiger charge is 2.19. The molecule has 0 N–H and O–H groups in total. The molecule has 0 bridgehead atoms. The Kier molecular flexibility index (Phi) is 3.86. The summed E-state index contributed by atoms with van der Waals surface area (Å²) in [5.74, 6) is 1.66. The smallest absolute Gasteiger partial charge is 0.168 e. The summed E-state index contributed by atoms with van der Waals surface area (Å²) < 4.78 is 2.15. The fourth-order valence-corrected chi connectivity index (χ4v) is 3.12. The number of pyridine rings is 1. The average molecular weight is 326 g/mol. The van der Waals surface area contributed by atoms with Crippen molar-refractivity contribution in [2.45, 2.75) is 13.8 Å². The normalized spacial score (nSPS) is 10.8. The van der Waals surface area contributed by atoms with E-state index in [1.165, 1.54) is 11.1 Å². The molecular weight excluding hydrogens is 308 g/mol. The van der Waals surface area contributed by atoms with Crippen molar-refractivity contribution in [2.24, 2.45) is 0 Å². The monoisotopic (exact) mass is 326 g/mol. The van der Waals surface area contributed by atoms with E-state index in [2.05, 4.69) is 63.9 Å². The molecule has 0 aliphatic heterocycles. The number of benzene rings is 2. The molecule has 0 saturated heterocycles. The first-order chi connectivity index (χ1) is 12.3. The number of hydrogen-bond donors (Lipinski definition) is 0. The summed E-state index contributed by atoms with van der Waals surface area (Å²) in [6.45, 7) is 4.24. The summed E-state index contributed by atoms with van der Waals surface area (Å²) in [7, 11) is 0. The van der Waals surface area contributed by atoms with Crippen LogP contribution in [0.5, 0.6) is 0 Å². The van der Waals surface area contributed by atoms with Gasteiger partial charge in [0.25, 0.3) is 0 Å². The van der Waals surface area contributed by atoms with Gasteiger partial charge in [0.2, 0.25) is 0 Å². The van der Waals surface area contributed by atoms with Crippen LogP contribution < -0.4 is 0 Å². The van der Waals surface area contributed by atoms with Crippen LogP contribution in [0.15, 0.2) is 73.1 Å². The lowest BCUT2D eigenvalue weighted by Gasteiger charge is -2.16. The van der Waals surface area contributed by atoms with E-state index in [4.69, 9.17) is 0 Å². The molecule has 2 aromatic carbocycles. The summed E-state index contributed by atoms with van der Waals surface area (Å²) in [4.78, 5) is 4.12. The van der Waals surface area contributed by atoms with E-state index in [9.17, 15) is 0 Å². The van der Waals surface area contributed by atoms with Crippen molar-refractivity contribution in [2.75, 3.05) is 0 Å². The van der Waals surface area contributed by atoms with E-state index >= 15 is 0 Å². The first kappa shape index (κ1) is 15.3. The van der Waals surface area contributed by atoms with Crippen molar-refractivity contribution >= 4 is 0 Å². The molecule has 0 spiro atoms. The van der Waals surface area contributed by atoms with E-state index in [0.717, 1.165) is 28.5 Å². The molecule has 122 valence electrons. The van der Waals surface area contributed by atoms with Gasteiger partial charge in [0.1, 0.15) is 0 Å². The second-order valence-electron chi connectivity index (χ2n) is 6.02. The summed E-state index contributed by atoms with van der Waals surface area (Å²) in [6.07, 6.45) is 3.56. The van der Waals surface area contributed by atoms with Gasteiger partial charge in [0.15, 0.2) is 11.6 Å². The van der Waals surface area contributed by atoms with Crippen LogP contribution in [0, 0.1) is 13.8 Å². The topological polar surface area (TPSA) is 43.6 Å². The van der Waals surface area contributed by atoms with Crippen molar-refractivity contribution in [1.82, 2.24) is 19.7 Å². The van der Waals surface area contributed by atoms with E-state index < -0.39 is 0 Å². The molecule has 0 atom stereocenters.